The van der Waals surface area contributed by atoms with Gasteiger partial charge in [0.25, 0.3) is 0 Å². The first-order chi connectivity index (χ1) is 10.1. The zero-order valence-corrected chi connectivity index (χ0v) is 15.3. The lowest BCUT2D eigenvalue weighted by Crippen LogP contribution is -3.00. The number of hydrogen-bond acceptors (Lipinski definition) is 4. The molecule has 5 nitrogen and oxygen atoms in total. The minimum absolute atomic E-state index is 0. The molecule has 0 atom stereocenters. The Labute approximate surface area is 146 Å². The third-order valence-electron chi connectivity index (χ3n) is 2.77. The van der Waals surface area contributed by atoms with Gasteiger partial charge in [0.15, 0.2) is 17.5 Å². The van der Waals surface area contributed by atoms with Crippen LogP contribution in [0.1, 0.15) is 32.6 Å². The van der Waals surface area contributed by atoms with Crippen molar-refractivity contribution in [3.63, 3.8) is 0 Å². The van der Waals surface area contributed by atoms with Gasteiger partial charge in [-0.05, 0) is 6.42 Å². The molecule has 3 N–H and O–H groups in total. The topological polar surface area (TPSA) is 80.0 Å². The Balaban J connectivity index is 0.00000441. The second-order valence-corrected chi connectivity index (χ2v) is 5.87. The largest absolute Gasteiger partial charge is 1.00 e. The minimum atomic E-state index is 0. The molecular formula is C15H24BrN3O2S. The molecule has 1 rings (SSSR count). The Hall–Kier alpha value is -1.08. The van der Waals surface area contributed by atoms with Crippen molar-refractivity contribution < 1.29 is 31.1 Å². The van der Waals surface area contributed by atoms with Gasteiger partial charge in [0.1, 0.15) is 12.3 Å². The van der Waals surface area contributed by atoms with Gasteiger partial charge in [0.05, 0.1) is 18.9 Å². The van der Waals surface area contributed by atoms with Crippen LogP contribution in [0.25, 0.3) is 0 Å². The summed E-state index contributed by atoms with van der Waals surface area (Å²) in [5, 5.41) is 7.21. The number of halogens is 1. The van der Waals surface area contributed by atoms with E-state index in [2.05, 4.69) is 11.5 Å². The molecule has 0 spiro atoms. The molecule has 0 aromatic carbocycles. The SMILES string of the molecule is CCC[n+]1ccc(OCCC(=O)SCCCC(=N)N)cc1.[Br-]. The Kier molecular flexibility index (Phi) is 11.9. The first-order valence-corrected chi connectivity index (χ1v) is 8.20. The molecule has 0 unspecified atom stereocenters. The van der Waals surface area contributed by atoms with Crippen molar-refractivity contribution in [2.75, 3.05) is 12.4 Å². The Bertz CT molecular complexity index is 455. The van der Waals surface area contributed by atoms with E-state index in [0.717, 1.165) is 25.1 Å². The van der Waals surface area contributed by atoms with Crippen LogP contribution in [-0.4, -0.2) is 23.3 Å². The van der Waals surface area contributed by atoms with Crippen LogP contribution in [-0.2, 0) is 11.3 Å². The number of aromatic nitrogens is 1. The summed E-state index contributed by atoms with van der Waals surface area (Å²) in [6.07, 6.45) is 6.78. The van der Waals surface area contributed by atoms with Gasteiger partial charge in [-0.3, -0.25) is 10.2 Å². The van der Waals surface area contributed by atoms with Crippen molar-refractivity contribution in [2.24, 2.45) is 5.73 Å². The van der Waals surface area contributed by atoms with Gasteiger partial charge in [-0.2, -0.15) is 0 Å². The molecule has 1 heterocycles. The van der Waals surface area contributed by atoms with Crippen molar-refractivity contribution in [3.8, 4) is 5.75 Å². The fourth-order valence-corrected chi connectivity index (χ4v) is 2.46. The Morgan fingerprint density at radius 3 is 2.64 bits per heavy atom. The van der Waals surface area contributed by atoms with E-state index in [-0.39, 0.29) is 27.9 Å². The standard InChI is InChI=1S/C15H24N3O2S.BrH/c1-2-8-18-9-5-13(6-10-18)20-11-7-15(19)21-12-3-4-14(16)17;/h5-6,9-10H,2-4,7-8,11-12H2,1H3,(H3,16,17);1H/q+1;/p-1. The highest BCUT2D eigenvalue weighted by atomic mass is 79.9. The van der Waals surface area contributed by atoms with E-state index in [4.69, 9.17) is 15.9 Å². The number of aryl methyl sites for hydroxylation is 1. The molecule has 1 aromatic rings. The number of nitrogens with two attached hydrogens (primary N) is 1. The fourth-order valence-electron chi connectivity index (χ4n) is 1.72. The summed E-state index contributed by atoms with van der Waals surface area (Å²) < 4.78 is 7.65. The highest BCUT2D eigenvalue weighted by Crippen LogP contribution is 2.11. The van der Waals surface area contributed by atoms with Crippen LogP contribution in [0, 0.1) is 5.41 Å². The number of rotatable bonds is 10. The van der Waals surface area contributed by atoms with E-state index in [1.807, 2.05) is 24.5 Å². The van der Waals surface area contributed by atoms with Crippen LogP contribution in [0.15, 0.2) is 24.5 Å². The van der Waals surface area contributed by atoms with Gasteiger partial charge >= 0.3 is 0 Å². The number of thioether (sulfide) groups is 1. The van der Waals surface area contributed by atoms with Crippen molar-refractivity contribution in [3.05, 3.63) is 24.5 Å². The van der Waals surface area contributed by atoms with Gasteiger partial charge in [0, 0.05) is 30.7 Å². The van der Waals surface area contributed by atoms with E-state index in [0.29, 0.717) is 25.2 Å². The molecule has 0 saturated heterocycles. The number of hydrogen-bond donors (Lipinski definition) is 2. The number of carbonyl (C=O) groups excluding carboxylic acids is 1. The minimum Gasteiger partial charge on any atom is -1.00 e. The normalized spacial score (nSPS) is 9.86. The lowest BCUT2D eigenvalue weighted by Gasteiger charge is -2.05. The molecule has 22 heavy (non-hydrogen) atoms. The van der Waals surface area contributed by atoms with E-state index in [1.165, 1.54) is 11.8 Å². The zero-order valence-electron chi connectivity index (χ0n) is 12.9. The average Bonchev–Trinajstić information content (AvgIpc) is 2.46. The summed E-state index contributed by atoms with van der Waals surface area (Å²) in [4.78, 5) is 11.6. The van der Waals surface area contributed by atoms with E-state index in [9.17, 15) is 4.79 Å². The highest BCUT2D eigenvalue weighted by molar-refractivity contribution is 8.13. The molecule has 0 aliphatic carbocycles. The number of ether oxygens (including phenoxy) is 1. The third kappa shape index (κ3) is 9.78. The highest BCUT2D eigenvalue weighted by Gasteiger charge is 2.05. The Morgan fingerprint density at radius 2 is 2.05 bits per heavy atom. The first kappa shape index (κ1) is 20.9. The maximum absolute atomic E-state index is 11.6. The molecule has 0 fully saturated rings. The number of amidine groups is 1. The number of nitrogens with one attached hydrogen (secondary N) is 1. The molecule has 7 heteroatoms. The summed E-state index contributed by atoms with van der Waals surface area (Å²) >= 11 is 1.29. The summed E-state index contributed by atoms with van der Waals surface area (Å²) in [5.74, 6) is 1.67. The van der Waals surface area contributed by atoms with Gasteiger partial charge in [-0.1, -0.05) is 18.7 Å². The predicted octanol–water partition coefficient (Wildman–Crippen LogP) is -0.867. The molecule has 0 amide bonds. The van der Waals surface area contributed by atoms with Crippen LogP contribution in [0.4, 0.5) is 0 Å². The maximum Gasteiger partial charge on any atom is 0.192 e. The fraction of sp³-hybridized carbons (Fsp3) is 0.533. The molecule has 0 aliphatic heterocycles. The second-order valence-electron chi connectivity index (χ2n) is 4.72. The zero-order chi connectivity index (χ0) is 15.5. The Morgan fingerprint density at radius 1 is 1.36 bits per heavy atom. The number of pyridine rings is 1. The van der Waals surface area contributed by atoms with Crippen molar-refractivity contribution in [1.82, 2.24) is 0 Å². The number of carbonyl (C=O) groups is 1. The summed E-state index contributed by atoms with van der Waals surface area (Å²) in [6.45, 7) is 3.53. The average molecular weight is 390 g/mol. The molecule has 0 radical (unpaired) electrons. The van der Waals surface area contributed by atoms with E-state index in [1.54, 1.807) is 0 Å². The molecule has 124 valence electrons. The molecular weight excluding hydrogens is 366 g/mol. The number of nitrogens with zero attached hydrogens (tertiary/aromatic N) is 1. The summed E-state index contributed by atoms with van der Waals surface area (Å²) in [5.41, 5.74) is 5.25. The smallest absolute Gasteiger partial charge is 0.192 e. The van der Waals surface area contributed by atoms with Crippen LogP contribution in [0.3, 0.4) is 0 Å². The van der Waals surface area contributed by atoms with Crippen LogP contribution < -0.4 is 32.0 Å². The predicted molar refractivity (Wildman–Crippen MR) is 85.7 cm³/mol. The summed E-state index contributed by atoms with van der Waals surface area (Å²) in [6, 6.07) is 3.83. The van der Waals surface area contributed by atoms with Crippen molar-refractivity contribution in [1.29, 1.82) is 5.41 Å². The van der Waals surface area contributed by atoms with Crippen molar-refractivity contribution in [2.45, 2.75) is 39.2 Å². The molecule has 0 aliphatic rings. The van der Waals surface area contributed by atoms with E-state index < -0.39 is 0 Å². The van der Waals surface area contributed by atoms with Crippen LogP contribution in [0.5, 0.6) is 5.75 Å². The van der Waals surface area contributed by atoms with Gasteiger partial charge in [0.2, 0.25) is 0 Å². The monoisotopic (exact) mass is 389 g/mol. The lowest BCUT2D eigenvalue weighted by molar-refractivity contribution is -0.697. The molecule has 1 aromatic heterocycles. The summed E-state index contributed by atoms with van der Waals surface area (Å²) in [7, 11) is 0. The lowest BCUT2D eigenvalue weighted by atomic mass is 10.3. The first-order valence-electron chi connectivity index (χ1n) is 7.22. The van der Waals surface area contributed by atoms with Gasteiger partial charge in [-0.25, -0.2) is 4.57 Å². The quantitative estimate of drug-likeness (QED) is 0.236. The molecule has 0 saturated carbocycles. The third-order valence-corrected chi connectivity index (χ3v) is 3.79. The molecule has 0 bridgehead atoms. The van der Waals surface area contributed by atoms with Gasteiger partial charge in [-0.15, -0.1) is 0 Å². The maximum atomic E-state index is 11.6. The second kappa shape index (κ2) is 12.5. The van der Waals surface area contributed by atoms with Gasteiger partial charge < -0.3 is 27.5 Å². The van der Waals surface area contributed by atoms with E-state index >= 15 is 0 Å². The van der Waals surface area contributed by atoms with Crippen LogP contribution in [0.2, 0.25) is 0 Å². The van der Waals surface area contributed by atoms with Crippen LogP contribution >= 0.6 is 11.8 Å². The van der Waals surface area contributed by atoms with Crippen molar-refractivity contribution >= 4 is 22.7 Å².